The molecule has 0 radical (unpaired) electrons. The first-order valence-electron chi connectivity index (χ1n) is 12.4. The largest absolute Gasteiger partial charge is 0.493 e. The summed E-state index contributed by atoms with van der Waals surface area (Å²) in [6, 6.07) is 4.52. The third kappa shape index (κ3) is 3.96. The Morgan fingerprint density at radius 1 is 1.17 bits per heavy atom. The van der Waals surface area contributed by atoms with Gasteiger partial charge in [-0.15, -0.1) is 0 Å². The first kappa shape index (κ1) is 22.4. The Balaban J connectivity index is 1.36. The van der Waals surface area contributed by atoms with Crippen molar-refractivity contribution in [2.45, 2.75) is 63.5 Å². The number of pyridine rings is 2. The van der Waals surface area contributed by atoms with Crippen molar-refractivity contribution in [3.8, 4) is 17.0 Å². The van der Waals surface area contributed by atoms with Crippen molar-refractivity contribution >= 4 is 16.7 Å². The first-order valence-corrected chi connectivity index (χ1v) is 12.4. The van der Waals surface area contributed by atoms with E-state index in [-0.39, 0.29) is 17.7 Å². The summed E-state index contributed by atoms with van der Waals surface area (Å²) in [5.74, 6) is 0.729. The van der Waals surface area contributed by atoms with Crippen molar-refractivity contribution in [2.24, 2.45) is 0 Å². The maximum atomic E-state index is 15.3. The number of nitrogens with zero attached hydrogens (tertiary/aromatic N) is 4. The second-order valence-corrected chi connectivity index (χ2v) is 10.1. The number of halogens is 1. The molecule has 1 aliphatic carbocycles. The maximum Gasteiger partial charge on any atom is 0.197 e. The monoisotopic (exact) mass is 478 g/mol. The average Bonchev–Trinajstić information content (AvgIpc) is 3.45. The summed E-state index contributed by atoms with van der Waals surface area (Å²) < 4.78 is 27.9. The molecule has 35 heavy (non-hydrogen) atoms. The standard InChI is InChI=1S/C26H31FN6O2/c1-14(2)22-24(16-8-21(34-3)26-28-13-29-33(26)10-16)31-20-9-19(27)23(32-25(20)22)15-4-6-17(7-5-15)30-18-11-35-12-18/h8-10,13-15,17-18,30-31H,4-7,11-12H2,1-3H3. The summed E-state index contributed by atoms with van der Waals surface area (Å²) >= 11 is 0. The van der Waals surface area contributed by atoms with Gasteiger partial charge >= 0.3 is 0 Å². The molecule has 0 bridgehead atoms. The molecule has 6 rings (SSSR count). The SMILES string of the molecule is COc1cc(-c2[nH]c3cc(F)c(C4CCC(NC5COC5)CC4)nc3c2C(C)C)cn2ncnc12. The third-order valence-electron chi connectivity index (χ3n) is 7.44. The molecule has 0 amide bonds. The van der Waals surface area contributed by atoms with Crippen LogP contribution in [-0.4, -0.2) is 57.0 Å². The van der Waals surface area contributed by atoms with Gasteiger partial charge < -0.3 is 19.8 Å². The van der Waals surface area contributed by atoms with Gasteiger partial charge in [0.15, 0.2) is 11.4 Å². The van der Waals surface area contributed by atoms with Crippen molar-refractivity contribution in [2.75, 3.05) is 20.3 Å². The number of nitrogens with one attached hydrogen (secondary N) is 2. The average molecular weight is 479 g/mol. The molecule has 2 N–H and O–H groups in total. The highest BCUT2D eigenvalue weighted by atomic mass is 19.1. The molecular formula is C26H31FN6O2. The zero-order chi connectivity index (χ0) is 24.1. The predicted octanol–water partition coefficient (Wildman–Crippen LogP) is 4.56. The van der Waals surface area contributed by atoms with Gasteiger partial charge in [-0.05, 0) is 37.7 Å². The number of aromatic nitrogens is 5. The fourth-order valence-electron chi connectivity index (χ4n) is 5.58. The lowest BCUT2D eigenvalue weighted by molar-refractivity contribution is -0.0121. The number of ether oxygens (including phenoxy) is 2. The van der Waals surface area contributed by atoms with Crippen LogP contribution in [0.3, 0.4) is 0 Å². The van der Waals surface area contributed by atoms with Gasteiger partial charge in [0.2, 0.25) is 0 Å². The van der Waals surface area contributed by atoms with Crippen LogP contribution < -0.4 is 10.1 Å². The van der Waals surface area contributed by atoms with Crippen LogP contribution in [0.15, 0.2) is 24.7 Å². The Kier molecular flexibility index (Phi) is 5.69. The predicted molar refractivity (Wildman–Crippen MR) is 131 cm³/mol. The van der Waals surface area contributed by atoms with Crippen molar-refractivity contribution < 1.29 is 13.9 Å². The molecule has 8 nitrogen and oxygen atoms in total. The normalized spacial score (nSPS) is 21.2. The second-order valence-electron chi connectivity index (χ2n) is 10.1. The molecule has 2 aliphatic rings. The van der Waals surface area contributed by atoms with Gasteiger partial charge in [0, 0.05) is 35.3 Å². The van der Waals surface area contributed by atoms with Crippen molar-refractivity contribution in [3.63, 3.8) is 0 Å². The summed E-state index contributed by atoms with van der Waals surface area (Å²) in [6.07, 6.45) is 7.37. The Hall–Kier alpha value is -3.04. The number of hydrogen-bond donors (Lipinski definition) is 2. The Labute approximate surface area is 203 Å². The van der Waals surface area contributed by atoms with E-state index in [1.165, 1.54) is 6.33 Å². The van der Waals surface area contributed by atoms with Crippen molar-refractivity contribution in [1.82, 2.24) is 29.9 Å². The second kappa shape index (κ2) is 8.87. The van der Waals surface area contributed by atoms with Crippen LogP contribution >= 0.6 is 0 Å². The van der Waals surface area contributed by atoms with E-state index in [2.05, 4.69) is 34.2 Å². The van der Waals surface area contributed by atoms with Crippen molar-refractivity contribution in [3.05, 3.63) is 41.7 Å². The topological polar surface area (TPSA) is 89.4 Å². The van der Waals surface area contributed by atoms with Gasteiger partial charge in [-0.25, -0.2) is 18.9 Å². The van der Waals surface area contributed by atoms with E-state index in [1.807, 2.05) is 12.3 Å². The molecular weight excluding hydrogens is 447 g/mol. The fourth-order valence-corrected chi connectivity index (χ4v) is 5.58. The van der Waals surface area contributed by atoms with E-state index in [9.17, 15) is 0 Å². The summed E-state index contributed by atoms with van der Waals surface area (Å²) in [6.45, 7) is 5.89. The minimum absolute atomic E-state index is 0.139. The molecule has 0 aromatic carbocycles. The van der Waals surface area contributed by atoms with Gasteiger partial charge in [-0.2, -0.15) is 5.10 Å². The summed E-state index contributed by atoms with van der Waals surface area (Å²) in [7, 11) is 1.62. The van der Waals surface area contributed by atoms with Gasteiger partial charge in [0.25, 0.3) is 0 Å². The Bertz CT molecular complexity index is 1370. The summed E-state index contributed by atoms with van der Waals surface area (Å²) in [4.78, 5) is 12.7. The zero-order valence-electron chi connectivity index (χ0n) is 20.3. The highest BCUT2D eigenvalue weighted by molar-refractivity contribution is 5.89. The fraction of sp³-hybridized carbons (Fsp3) is 0.500. The molecule has 9 heteroatoms. The number of rotatable bonds is 6. The zero-order valence-corrected chi connectivity index (χ0v) is 20.3. The number of fused-ring (bicyclic) bond motifs is 2. The number of hydrogen-bond acceptors (Lipinski definition) is 6. The van der Waals surface area contributed by atoms with E-state index < -0.39 is 0 Å². The van der Waals surface area contributed by atoms with Crippen LogP contribution in [-0.2, 0) is 4.74 Å². The molecule has 5 heterocycles. The first-order chi connectivity index (χ1) is 17.0. The van der Waals surface area contributed by atoms with Crippen LogP contribution in [0.2, 0.25) is 0 Å². The van der Waals surface area contributed by atoms with Gasteiger partial charge in [-0.1, -0.05) is 13.8 Å². The number of aromatic amines is 1. The quantitative estimate of drug-likeness (QED) is 0.422. The van der Waals surface area contributed by atoms with Crippen LogP contribution in [0, 0.1) is 5.82 Å². The van der Waals surface area contributed by atoms with Gasteiger partial charge in [0.1, 0.15) is 12.1 Å². The smallest absolute Gasteiger partial charge is 0.197 e. The molecule has 0 spiro atoms. The molecule has 0 atom stereocenters. The highest BCUT2D eigenvalue weighted by Gasteiger charge is 2.30. The molecule has 184 valence electrons. The maximum absolute atomic E-state index is 15.3. The lowest BCUT2D eigenvalue weighted by Crippen LogP contribution is -2.51. The summed E-state index contributed by atoms with van der Waals surface area (Å²) in [5.41, 5.74) is 5.68. The molecule has 1 aliphatic heterocycles. The van der Waals surface area contributed by atoms with E-state index >= 15 is 4.39 Å². The van der Waals surface area contributed by atoms with Gasteiger partial charge in [0.05, 0.1) is 48.8 Å². The lowest BCUT2D eigenvalue weighted by atomic mass is 9.83. The van der Waals surface area contributed by atoms with E-state index in [1.54, 1.807) is 17.7 Å². The third-order valence-corrected chi connectivity index (χ3v) is 7.44. The van der Waals surface area contributed by atoms with Crippen LogP contribution in [0.5, 0.6) is 5.75 Å². The van der Waals surface area contributed by atoms with Crippen molar-refractivity contribution in [1.29, 1.82) is 0 Å². The van der Waals surface area contributed by atoms with E-state index in [0.717, 1.165) is 61.2 Å². The Morgan fingerprint density at radius 3 is 2.66 bits per heavy atom. The highest BCUT2D eigenvalue weighted by Crippen LogP contribution is 2.39. The molecule has 4 aromatic heterocycles. The molecule has 2 fully saturated rings. The Morgan fingerprint density at radius 2 is 1.97 bits per heavy atom. The van der Waals surface area contributed by atoms with E-state index in [4.69, 9.17) is 14.5 Å². The molecule has 1 saturated carbocycles. The van der Waals surface area contributed by atoms with Crippen LogP contribution in [0.25, 0.3) is 27.9 Å². The van der Waals surface area contributed by atoms with Crippen LogP contribution in [0.1, 0.15) is 62.6 Å². The number of H-pyrrole nitrogens is 1. The molecule has 4 aromatic rings. The molecule has 0 unspecified atom stereocenters. The lowest BCUT2D eigenvalue weighted by Gasteiger charge is -2.35. The molecule has 1 saturated heterocycles. The van der Waals surface area contributed by atoms with Gasteiger partial charge in [-0.3, -0.25) is 0 Å². The minimum Gasteiger partial charge on any atom is -0.493 e. The number of methoxy groups -OCH3 is 1. The van der Waals surface area contributed by atoms with Crippen LogP contribution in [0.4, 0.5) is 4.39 Å². The summed E-state index contributed by atoms with van der Waals surface area (Å²) in [5, 5.41) is 7.96. The minimum atomic E-state index is -0.228. The van der Waals surface area contributed by atoms with E-state index in [0.29, 0.717) is 34.7 Å².